The molecule has 0 atom stereocenters. The van der Waals surface area contributed by atoms with Gasteiger partial charge in [0.1, 0.15) is 18.1 Å². The predicted molar refractivity (Wildman–Crippen MR) is 90.2 cm³/mol. The van der Waals surface area contributed by atoms with Gasteiger partial charge in [0.25, 0.3) is 0 Å². The SMILES string of the molecule is COc1ccc(COc2cccc(C(C)(C)C)c2)cc1Br. The van der Waals surface area contributed by atoms with Crippen LogP contribution in [0, 0.1) is 0 Å². The largest absolute Gasteiger partial charge is 0.496 e. The first-order valence-corrected chi connectivity index (χ1v) is 7.75. The summed E-state index contributed by atoms with van der Waals surface area (Å²) in [7, 11) is 1.66. The molecule has 0 fully saturated rings. The molecule has 0 N–H and O–H groups in total. The van der Waals surface area contributed by atoms with E-state index in [2.05, 4.69) is 48.8 Å². The van der Waals surface area contributed by atoms with E-state index < -0.39 is 0 Å². The number of rotatable bonds is 4. The maximum absolute atomic E-state index is 5.89. The van der Waals surface area contributed by atoms with Crippen LogP contribution in [0.1, 0.15) is 31.9 Å². The minimum atomic E-state index is 0.127. The fourth-order valence-corrected chi connectivity index (χ4v) is 2.61. The van der Waals surface area contributed by atoms with Crippen LogP contribution in [-0.2, 0) is 12.0 Å². The quantitative estimate of drug-likeness (QED) is 0.742. The maximum Gasteiger partial charge on any atom is 0.133 e. The highest BCUT2D eigenvalue weighted by atomic mass is 79.9. The molecule has 3 heteroatoms. The molecular weight excluding hydrogens is 328 g/mol. The Morgan fingerprint density at radius 2 is 1.81 bits per heavy atom. The average molecular weight is 349 g/mol. The second kappa shape index (κ2) is 6.52. The zero-order chi connectivity index (χ0) is 15.5. The fourth-order valence-electron chi connectivity index (χ4n) is 2.02. The lowest BCUT2D eigenvalue weighted by atomic mass is 9.87. The highest BCUT2D eigenvalue weighted by Crippen LogP contribution is 2.28. The molecule has 0 spiro atoms. The van der Waals surface area contributed by atoms with E-state index >= 15 is 0 Å². The van der Waals surface area contributed by atoms with Crippen molar-refractivity contribution in [2.45, 2.75) is 32.8 Å². The molecule has 21 heavy (non-hydrogen) atoms. The molecule has 0 saturated carbocycles. The summed E-state index contributed by atoms with van der Waals surface area (Å²) in [6.45, 7) is 7.14. The molecule has 0 radical (unpaired) electrons. The first-order valence-electron chi connectivity index (χ1n) is 6.96. The van der Waals surface area contributed by atoms with Crippen LogP contribution >= 0.6 is 15.9 Å². The topological polar surface area (TPSA) is 18.5 Å². The lowest BCUT2D eigenvalue weighted by Gasteiger charge is -2.19. The van der Waals surface area contributed by atoms with Crippen LogP contribution in [0.2, 0.25) is 0 Å². The number of methoxy groups -OCH3 is 1. The Hall–Kier alpha value is -1.48. The standard InChI is InChI=1S/C18H21BrO2/c1-18(2,3)14-6-5-7-15(11-14)21-12-13-8-9-17(20-4)16(19)10-13/h5-11H,12H2,1-4H3. The van der Waals surface area contributed by atoms with Crippen molar-refractivity contribution in [3.8, 4) is 11.5 Å². The molecular formula is C18H21BrO2. The van der Waals surface area contributed by atoms with Gasteiger partial charge in [0.15, 0.2) is 0 Å². The summed E-state index contributed by atoms with van der Waals surface area (Å²) in [5.74, 6) is 1.72. The van der Waals surface area contributed by atoms with Crippen LogP contribution in [0.5, 0.6) is 11.5 Å². The Balaban J connectivity index is 2.08. The van der Waals surface area contributed by atoms with E-state index in [1.807, 2.05) is 30.3 Å². The number of benzene rings is 2. The number of hydrogen-bond acceptors (Lipinski definition) is 2. The van der Waals surface area contributed by atoms with E-state index in [0.29, 0.717) is 6.61 Å². The predicted octanol–water partition coefficient (Wildman–Crippen LogP) is 5.33. The van der Waals surface area contributed by atoms with Gasteiger partial charge in [0, 0.05) is 0 Å². The summed E-state index contributed by atoms with van der Waals surface area (Å²) in [5.41, 5.74) is 2.50. The van der Waals surface area contributed by atoms with Crippen molar-refractivity contribution in [1.82, 2.24) is 0 Å². The molecule has 0 unspecified atom stereocenters. The van der Waals surface area contributed by atoms with Gasteiger partial charge in [0.2, 0.25) is 0 Å². The summed E-state index contributed by atoms with van der Waals surface area (Å²) >= 11 is 3.49. The van der Waals surface area contributed by atoms with Crippen LogP contribution in [0.25, 0.3) is 0 Å². The lowest BCUT2D eigenvalue weighted by Crippen LogP contribution is -2.10. The molecule has 2 nitrogen and oxygen atoms in total. The summed E-state index contributed by atoms with van der Waals surface area (Å²) in [6.07, 6.45) is 0. The summed E-state index contributed by atoms with van der Waals surface area (Å²) in [4.78, 5) is 0. The Morgan fingerprint density at radius 1 is 1.05 bits per heavy atom. The van der Waals surface area contributed by atoms with Gasteiger partial charge in [-0.3, -0.25) is 0 Å². The van der Waals surface area contributed by atoms with Gasteiger partial charge in [-0.05, 0) is 56.7 Å². The first-order chi connectivity index (χ1) is 9.90. The van der Waals surface area contributed by atoms with Crippen LogP contribution in [-0.4, -0.2) is 7.11 Å². The third kappa shape index (κ3) is 4.24. The highest BCUT2D eigenvalue weighted by Gasteiger charge is 2.13. The van der Waals surface area contributed by atoms with Gasteiger partial charge in [-0.1, -0.05) is 39.0 Å². The van der Waals surface area contributed by atoms with Crippen molar-refractivity contribution in [1.29, 1.82) is 0 Å². The van der Waals surface area contributed by atoms with E-state index in [-0.39, 0.29) is 5.41 Å². The Labute approximate surface area is 135 Å². The van der Waals surface area contributed by atoms with Gasteiger partial charge >= 0.3 is 0 Å². The molecule has 0 aliphatic rings. The summed E-state index contributed by atoms with van der Waals surface area (Å²) < 4.78 is 12.1. The summed E-state index contributed by atoms with van der Waals surface area (Å²) in [6, 6.07) is 14.3. The van der Waals surface area contributed by atoms with Crippen LogP contribution in [0.3, 0.4) is 0 Å². The molecule has 112 valence electrons. The fraction of sp³-hybridized carbons (Fsp3) is 0.333. The van der Waals surface area contributed by atoms with E-state index in [0.717, 1.165) is 21.5 Å². The molecule has 0 aliphatic heterocycles. The second-order valence-corrected chi connectivity index (χ2v) is 6.89. The van der Waals surface area contributed by atoms with Crippen molar-refractivity contribution >= 4 is 15.9 Å². The minimum Gasteiger partial charge on any atom is -0.496 e. The Morgan fingerprint density at radius 3 is 2.43 bits per heavy atom. The third-order valence-electron chi connectivity index (χ3n) is 3.32. The van der Waals surface area contributed by atoms with Crippen molar-refractivity contribution in [2.75, 3.05) is 7.11 Å². The molecule has 0 bridgehead atoms. The van der Waals surface area contributed by atoms with Gasteiger partial charge in [0.05, 0.1) is 11.6 Å². The number of ether oxygens (including phenoxy) is 2. The molecule has 2 rings (SSSR count). The first kappa shape index (κ1) is 15.9. The van der Waals surface area contributed by atoms with E-state index in [1.54, 1.807) is 7.11 Å². The second-order valence-electron chi connectivity index (χ2n) is 6.04. The lowest BCUT2D eigenvalue weighted by molar-refractivity contribution is 0.305. The van der Waals surface area contributed by atoms with E-state index in [9.17, 15) is 0 Å². The highest BCUT2D eigenvalue weighted by molar-refractivity contribution is 9.10. The van der Waals surface area contributed by atoms with Gasteiger partial charge in [-0.15, -0.1) is 0 Å². The van der Waals surface area contributed by atoms with E-state index in [4.69, 9.17) is 9.47 Å². The van der Waals surface area contributed by atoms with Crippen LogP contribution < -0.4 is 9.47 Å². The molecule has 2 aromatic rings. The monoisotopic (exact) mass is 348 g/mol. The molecule has 0 saturated heterocycles. The molecule has 0 heterocycles. The van der Waals surface area contributed by atoms with Crippen molar-refractivity contribution in [3.63, 3.8) is 0 Å². The zero-order valence-corrected chi connectivity index (χ0v) is 14.5. The maximum atomic E-state index is 5.89. The van der Waals surface area contributed by atoms with Gasteiger partial charge in [-0.2, -0.15) is 0 Å². The van der Waals surface area contributed by atoms with Gasteiger partial charge < -0.3 is 9.47 Å². The zero-order valence-electron chi connectivity index (χ0n) is 12.9. The summed E-state index contributed by atoms with van der Waals surface area (Å²) in [5, 5.41) is 0. The number of halogens is 1. The minimum absolute atomic E-state index is 0.127. The van der Waals surface area contributed by atoms with Crippen molar-refractivity contribution in [3.05, 3.63) is 58.1 Å². The Kier molecular flexibility index (Phi) is 4.94. The van der Waals surface area contributed by atoms with Crippen molar-refractivity contribution < 1.29 is 9.47 Å². The van der Waals surface area contributed by atoms with Crippen LogP contribution in [0.4, 0.5) is 0 Å². The normalized spacial score (nSPS) is 11.3. The molecule has 0 aliphatic carbocycles. The van der Waals surface area contributed by atoms with E-state index in [1.165, 1.54) is 5.56 Å². The molecule has 2 aromatic carbocycles. The van der Waals surface area contributed by atoms with Gasteiger partial charge in [-0.25, -0.2) is 0 Å². The molecule has 0 amide bonds. The smallest absolute Gasteiger partial charge is 0.133 e. The Bertz CT molecular complexity index is 615. The van der Waals surface area contributed by atoms with Crippen molar-refractivity contribution in [2.24, 2.45) is 0 Å². The average Bonchev–Trinajstić information content (AvgIpc) is 2.45. The van der Waals surface area contributed by atoms with Crippen LogP contribution in [0.15, 0.2) is 46.9 Å². The molecule has 0 aromatic heterocycles. The number of hydrogen-bond donors (Lipinski definition) is 0. The third-order valence-corrected chi connectivity index (χ3v) is 3.94.